The van der Waals surface area contributed by atoms with Gasteiger partial charge in [0.2, 0.25) is 5.91 Å². The average molecular weight is 332 g/mol. The summed E-state index contributed by atoms with van der Waals surface area (Å²) in [4.78, 5) is 15.6. The van der Waals surface area contributed by atoms with E-state index in [1.54, 1.807) is 18.3 Å². The molecule has 0 saturated heterocycles. The minimum atomic E-state index is -0.471. The molecule has 0 saturated carbocycles. The first-order valence-electron chi connectivity index (χ1n) is 7.71. The van der Waals surface area contributed by atoms with Gasteiger partial charge < -0.3 is 15.0 Å². The lowest BCUT2D eigenvalue weighted by Crippen LogP contribution is -2.39. The third-order valence-electron chi connectivity index (χ3n) is 3.68. The second-order valence-electron chi connectivity index (χ2n) is 5.68. The molecule has 1 N–H and O–H groups in total. The van der Waals surface area contributed by atoms with Gasteiger partial charge in [0.05, 0.1) is 12.6 Å². The van der Waals surface area contributed by atoms with Gasteiger partial charge in [-0.1, -0.05) is 36.4 Å². The lowest BCUT2D eigenvalue weighted by Gasteiger charge is -2.24. The molecule has 1 aromatic heterocycles. The largest absolute Gasteiger partial charge is 0.364 e. The monoisotopic (exact) mass is 332 g/mol. The van der Waals surface area contributed by atoms with Crippen molar-refractivity contribution < 1.29 is 9.53 Å². The summed E-state index contributed by atoms with van der Waals surface area (Å²) in [6, 6.07) is 14.2. The molecule has 0 aliphatic heterocycles. The summed E-state index contributed by atoms with van der Waals surface area (Å²) in [6.45, 7) is 2.80. The minimum Gasteiger partial charge on any atom is -0.364 e. The second kappa shape index (κ2) is 8.82. The highest BCUT2D eigenvalue weighted by Gasteiger charge is 2.19. The lowest BCUT2D eigenvalue weighted by molar-refractivity contribution is -0.132. The fraction of sp³-hybridized carbons (Fsp3) is 0.389. The van der Waals surface area contributed by atoms with Crippen molar-refractivity contribution in [3.05, 3.63) is 58.3 Å². The van der Waals surface area contributed by atoms with Gasteiger partial charge in [-0.3, -0.25) is 4.79 Å². The number of rotatable bonds is 8. The molecular weight excluding hydrogens is 308 g/mol. The number of benzene rings is 1. The van der Waals surface area contributed by atoms with Gasteiger partial charge in [-0.25, -0.2) is 0 Å². The number of ether oxygens (including phenoxy) is 1. The van der Waals surface area contributed by atoms with Gasteiger partial charge in [0.15, 0.2) is 0 Å². The molecule has 0 radical (unpaired) electrons. The van der Waals surface area contributed by atoms with Crippen LogP contribution >= 0.6 is 11.3 Å². The van der Waals surface area contributed by atoms with Crippen molar-refractivity contribution in [2.75, 3.05) is 20.6 Å². The van der Waals surface area contributed by atoms with Crippen LogP contribution in [-0.4, -0.2) is 37.6 Å². The van der Waals surface area contributed by atoms with Gasteiger partial charge in [0.1, 0.15) is 6.10 Å². The van der Waals surface area contributed by atoms with E-state index in [4.69, 9.17) is 4.74 Å². The number of nitrogens with one attached hydrogen (secondary N) is 1. The molecule has 4 nitrogen and oxygen atoms in total. The van der Waals surface area contributed by atoms with Crippen molar-refractivity contribution in [2.45, 2.75) is 25.7 Å². The number of likely N-dealkylation sites (N-methyl/N-ethyl adjacent to an activating group) is 1. The molecule has 2 aromatic rings. The van der Waals surface area contributed by atoms with Crippen molar-refractivity contribution in [1.29, 1.82) is 0 Å². The maximum atomic E-state index is 12.2. The summed E-state index contributed by atoms with van der Waals surface area (Å²) in [6.07, 6.45) is -0.471. The smallest absolute Gasteiger partial charge is 0.248 e. The Kier molecular flexibility index (Phi) is 6.77. The van der Waals surface area contributed by atoms with Gasteiger partial charge in [-0.2, -0.15) is 0 Å². The predicted molar refractivity (Wildman–Crippen MR) is 94.4 cm³/mol. The summed E-state index contributed by atoms with van der Waals surface area (Å²) < 4.78 is 5.65. The van der Waals surface area contributed by atoms with Gasteiger partial charge >= 0.3 is 0 Å². The van der Waals surface area contributed by atoms with Crippen LogP contribution < -0.4 is 5.32 Å². The van der Waals surface area contributed by atoms with Crippen molar-refractivity contribution in [1.82, 2.24) is 10.2 Å². The molecule has 1 aromatic carbocycles. The van der Waals surface area contributed by atoms with Crippen LogP contribution in [0.3, 0.4) is 0 Å². The number of thiophene rings is 1. The zero-order valence-corrected chi connectivity index (χ0v) is 14.7. The number of carbonyl (C=O) groups is 1. The summed E-state index contributed by atoms with van der Waals surface area (Å²) >= 11 is 1.70. The van der Waals surface area contributed by atoms with Crippen molar-refractivity contribution in [3.8, 4) is 0 Å². The first-order chi connectivity index (χ1) is 11.1. The molecule has 0 aliphatic rings. The van der Waals surface area contributed by atoms with Crippen molar-refractivity contribution in [2.24, 2.45) is 0 Å². The molecule has 5 heteroatoms. The van der Waals surface area contributed by atoms with E-state index >= 15 is 0 Å². The maximum absolute atomic E-state index is 12.2. The summed E-state index contributed by atoms with van der Waals surface area (Å²) in [5.74, 6) is -0.0793. The first kappa shape index (κ1) is 17.7. The molecule has 0 spiro atoms. The molecule has 2 atom stereocenters. The van der Waals surface area contributed by atoms with Gasteiger partial charge in [0.25, 0.3) is 0 Å². The fourth-order valence-corrected chi connectivity index (χ4v) is 3.15. The molecular formula is C18H24N2O2S. The normalized spacial score (nSPS) is 13.7. The quantitative estimate of drug-likeness (QED) is 0.808. The Morgan fingerprint density at radius 3 is 2.57 bits per heavy atom. The molecule has 0 bridgehead atoms. The van der Waals surface area contributed by atoms with Crippen LogP contribution in [0, 0.1) is 0 Å². The van der Waals surface area contributed by atoms with Crippen LogP contribution in [0.5, 0.6) is 0 Å². The number of amides is 1. The fourth-order valence-electron chi connectivity index (χ4n) is 2.23. The first-order valence-corrected chi connectivity index (χ1v) is 8.59. The zero-order chi connectivity index (χ0) is 16.7. The maximum Gasteiger partial charge on any atom is 0.248 e. The number of carbonyl (C=O) groups excluding carboxylic acids is 1. The Labute approximate surface area is 142 Å². The van der Waals surface area contributed by atoms with Crippen LogP contribution in [0.2, 0.25) is 0 Å². The van der Waals surface area contributed by atoms with Gasteiger partial charge in [0, 0.05) is 11.4 Å². The standard InChI is InChI=1S/C18H24N2O2S/c1-14(22-13-15-8-5-4-6-9-15)18(21)19-12-16(20(2)3)17-10-7-11-23-17/h4-11,14,16H,12-13H2,1-3H3,(H,19,21)/t14-,16-/m1/s1. The Morgan fingerprint density at radius 1 is 1.22 bits per heavy atom. The minimum absolute atomic E-state index is 0.0793. The molecule has 23 heavy (non-hydrogen) atoms. The Morgan fingerprint density at radius 2 is 1.96 bits per heavy atom. The molecule has 2 rings (SSSR count). The Bertz CT molecular complexity index is 584. The van der Waals surface area contributed by atoms with E-state index in [2.05, 4.69) is 21.7 Å². The van der Waals surface area contributed by atoms with Crippen LogP contribution in [0.25, 0.3) is 0 Å². The summed E-state index contributed by atoms with van der Waals surface area (Å²) in [5, 5.41) is 5.04. The van der Waals surface area contributed by atoms with Gasteiger partial charge in [-0.15, -0.1) is 11.3 Å². The highest BCUT2D eigenvalue weighted by Crippen LogP contribution is 2.22. The van der Waals surface area contributed by atoms with Crippen LogP contribution in [0.1, 0.15) is 23.4 Å². The average Bonchev–Trinajstić information content (AvgIpc) is 3.07. The van der Waals surface area contributed by atoms with E-state index in [0.29, 0.717) is 13.2 Å². The van der Waals surface area contributed by atoms with Crippen LogP contribution in [0.15, 0.2) is 47.8 Å². The van der Waals surface area contributed by atoms with E-state index in [9.17, 15) is 4.79 Å². The highest BCUT2D eigenvalue weighted by atomic mass is 32.1. The second-order valence-corrected chi connectivity index (χ2v) is 6.66. The van der Waals surface area contributed by atoms with Crippen LogP contribution in [0.4, 0.5) is 0 Å². The van der Waals surface area contributed by atoms with E-state index < -0.39 is 6.10 Å². The molecule has 0 fully saturated rings. The Balaban J connectivity index is 1.81. The Hall–Kier alpha value is -1.69. The molecule has 1 amide bonds. The summed E-state index contributed by atoms with van der Waals surface area (Å²) in [5.41, 5.74) is 1.07. The molecule has 1 heterocycles. The van der Waals surface area contributed by atoms with Crippen molar-refractivity contribution in [3.63, 3.8) is 0 Å². The van der Waals surface area contributed by atoms with E-state index in [-0.39, 0.29) is 11.9 Å². The van der Waals surface area contributed by atoms with Gasteiger partial charge in [-0.05, 0) is 38.0 Å². The summed E-state index contributed by atoms with van der Waals surface area (Å²) in [7, 11) is 4.04. The number of hydrogen-bond donors (Lipinski definition) is 1. The topological polar surface area (TPSA) is 41.6 Å². The molecule has 0 aliphatic carbocycles. The lowest BCUT2D eigenvalue weighted by atomic mass is 10.2. The van der Waals surface area contributed by atoms with E-state index in [1.165, 1.54) is 4.88 Å². The van der Waals surface area contributed by atoms with E-state index in [1.807, 2.05) is 50.5 Å². The third-order valence-corrected chi connectivity index (χ3v) is 4.65. The highest BCUT2D eigenvalue weighted by molar-refractivity contribution is 7.10. The number of hydrogen-bond acceptors (Lipinski definition) is 4. The molecule has 124 valence electrons. The van der Waals surface area contributed by atoms with E-state index in [0.717, 1.165) is 5.56 Å². The third kappa shape index (κ3) is 5.46. The zero-order valence-electron chi connectivity index (χ0n) is 13.9. The predicted octanol–water partition coefficient (Wildman–Crippen LogP) is 3.07. The van der Waals surface area contributed by atoms with Crippen molar-refractivity contribution >= 4 is 17.2 Å². The molecule has 0 unspecified atom stereocenters. The van der Waals surface area contributed by atoms with Crippen LogP contribution in [-0.2, 0) is 16.1 Å². The number of nitrogens with zero attached hydrogens (tertiary/aromatic N) is 1. The SMILES string of the molecule is C[C@@H](OCc1ccccc1)C(=O)NC[C@H](c1cccs1)N(C)C.